The van der Waals surface area contributed by atoms with Gasteiger partial charge in [0, 0.05) is 12.6 Å². The van der Waals surface area contributed by atoms with Crippen LogP contribution in [0.1, 0.15) is 0 Å². The van der Waals surface area contributed by atoms with Crippen molar-refractivity contribution >= 4 is 5.97 Å². The van der Waals surface area contributed by atoms with Gasteiger partial charge in [-0.15, -0.1) is 5.10 Å². The van der Waals surface area contributed by atoms with Crippen molar-refractivity contribution in [3.8, 4) is 17.4 Å². The van der Waals surface area contributed by atoms with Gasteiger partial charge in [-0.3, -0.25) is 0 Å². The molecule has 2 rings (SSSR count). The van der Waals surface area contributed by atoms with Crippen LogP contribution in [0.2, 0.25) is 0 Å². The maximum atomic E-state index is 12.8. The summed E-state index contributed by atoms with van der Waals surface area (Å²) < 4.78 is 19.1. The molecule has 0 radical (unpaired) electrons. The number of carboxylic acids is 1. The van der Waals surface area contributed by atoms with Crippen molar-refractivity contribution in [1.29, 1.82) is 0 Å². The Kier molecular flexibility index (Phi) is 3.22. The third kappa shape index (κ3) is 2.62. The van der Waals surface area contributed by atoms with Crippen molar-refractivity contribution < 1.29 is 19.0 Å². The Labute approximate surface area is 102 Å². The lowest BCUT2D eigenvalue weighted by Crippen LogP contribution is -2.10. The highest BCUT2D eigenvalue weighted by Crippen LogP contribution is 2.19. The van der Waals surface area contributed by atoms with Gasteiger partial charge in [0.25, 0.3) is 0 Å². The highest BCUT2D eigenvalue weighted by molar-refractivity contribution is 5.68. The first-order valence-electron chi connectivity index (χ1n) is 5.08. The summed E-state index contributed by atoms with van der Waals surface area (Å²) in [4.78, 5) is 14.4. The minimum absolute atomic E-state index is 0.0285. The molecule has 2 aromatic rings. The van der Waals surface area contributed by atoms with E-state index in [1.54, 1.807) is 19.2 Å². The van der Waals surface area contributed by atoms with E-state index in [9.17, 15) is 9.18 Å². The van der Waals surface area contributed by atoms with Gasteiger partial charge < -0.3 is 9.84 Å². The molecule has 7 heteroatoms. The van der Waals surface area contributed by atoms with Crippen LogP contribution in [0.3, 0.4) is 0 Å². The van der Waals surface area contributed by atoms with Gasteiger partial charge in [-0.05, 0) is 24.3 Å². The van der Waals surface area contributed by atoms with E-state index >= 15 is 0 Å². The molecule has 0 amide bonds. The molecule has 1 aromatic carbocycles. The second-order valence-electron chi connectivity index (χ2n) is 3.53. The van der Waals surface area contributed by atoms with Crippen molar-refractivity contribution in [3.63, 3.8) is 0 Å². The van der Waals surface area contributed by atoms with Crippen LogP contribution in [-0.4, -0.2) is 32.4 Å². The molecule has 0 bridgehead atoms. The van der Waals surface area contributed by atoms with E-state index in [4.69, 9.17) is 9.84 Å². The van der Waals surface area contributed by atoms with Crippen LogP contribution in [0, 0.1) is 5.82 Å². The van der Waals surface area contributed by atoms with E-state index < -0.39 is 12.6 Å². The average molecular weight is 251 g/mol. The summed E-state index contributed by atoms with van der Waals surface area (Å²) in [6, 6.07) is 5.70. The van der Waals surface area contributed by atoms with Crippen molar-refractivity contribution in [2.75, 3.05) is 6.61 Å². The fourth-order valence-electron chi connectivity index (χ4n) is 1.40. The molecule has 6 nitrogen and oxygen atoms in total. The van der Waals surface area contributed by atoms with Crippen LogP contribution in [0.15, 0.2) is 24.3 Å². The molecular weight excluding hydrogens is 241 g/mol. The molecule has 0 saturated carbocycles. The zero-order valence-electron chi connectivity index (χ0n) is 9.50. The number of carboxylic acid groups (broad SMARTS) is 1. The van der Waals surface area contributed by atoms with Gasteiger partial charge in [-0.2, -0.15) is 4.98 Å². The molecule has 0 saturated heterocycles. The first-order valence-corrected chi connectivity index (χ1v) is 5.08. The van der Waals surface area contributed by atoms with Crippen LogP contribution < -0.4 is 4.74 Å². The second kappa shape index (κ2) is 4.82. The topological polar surface area (TPSA) is 77.2 Å². The molecule has 0 unspecified atom stereocenters. The van der Waals surface area contributed by atoms with E-state index in [0.29, 0.717) is 11.4 Å². The number of benzene rings is 1. The maximum Gasteiger partial charge on any atom is 0.341 e. The molecule has 1 heterocycles. The molecule has 1 aromatic heterocycles. The Balaban J connectivity index is 2.23. The molecule has 94 valence electrons. The number of aryl methyl sites for hydroxylation is 1. The fourth-order valence-corrected chi connectivity index (χ4v) is 1.40. The number of ether oxygens (including phenoxy) is 1. The molecule has 0 fully saturated rings. The molecule has 0 atom stereocenters. The number of hydrogen-bond donors (Lipinski definition) is 1. The third-order valence-electron chi connectivity index (χ3n) is 2.17. The quantitative estimate of drug-likeness (QED) is 0.879. The van der Waals surface area contributed by atoms with E-state index in [1.807, 2.05) is 0 Å². The van der Waals surface area contributed by atoms with Crippen LogP contribution in [-0.2, 0) is 11.8 Å². The van der Waals surface area contributed by atoms with Crippen molar-refractivity contribution in [1.82, 2.24) is 14.8 Å². The predicted molar refractivity (Wildman–Crippen MR) is 59.5 cm³/mol. The Bertz CT molecular complexity index is 565. The Hall–Kier alpha value is -2.44. The first-order chi connectivity index (χ1) is 8.56. The number of aliphatic carboxylic acids is 1. The number of halogens is 1. The molecular formula is C11H10FN3O3. The predicted octanol–water partition coefficient (Wildman–Crippen LogP) is 1.08. The summed E-state index contributed by atoms with van der Waals surface area (Å²) in [5.41, 5.74) is 0.663. The highest BCUT2D eigenvalue weighted by atomic mass is 19.1. The van der Waals surface area contributed by atoms with Gasteiger partial charge in [0.05, 0.1) is 0 Å². The third-order valence-corrected chi connectivity index (χ3v) is 2.17. The standard InChI is InChI=1S/C11H10FN3O3/c1-15-10(7-2-4-8(12)5-3-7)13-11(14-15)18-6-9(16)17/h2-5H,6H2,1H3,(H,16,17). The Morgan fingerprint density at radius 3 is 2.72 bits per heavy atom. The summed E-state index contributed by atoms with van der Waals surface area (Å²) in [6.07, 6.45) is 0. The highest BCUT2D eigenvalue weighted by Gasteiger charge is 2.11. The molecule has 0 spiro atoms. The number of rotatable bonds is 4. The van der Waals surface area contributed by atoms with Gasteiger partial charge >= 0.3 is 12.0 Å². The molecule has 18 heavy (non-hydrogen) atoms. The maximum absolute atomic E-state index is 12.8. The lowest BCUT2D eigenvalue weighted by molar-refractivity contribution is -0.139. The summed E-state index contributed by atoms with van der Waals surface area (Å²) in [5, 5.41) is 12.4. The smallest absolute Gasteiger partial charge is 0.341 e. The van der Waals surface area contributed by atoms with Gasteiger partial charge in [0.15, 0.2) is 12.4 Å². The molecule has 0 aliphatic rings. The number of nitrogens with zero attached hydrogens (tertiary/aromatic N) is 3. The van der Waals surface area contributed by atoms with Gasteiger partial charge in [-0.1, -0.05) is 0 Å². The van der Waals surface area contributed by atoms with E-state index in [-0.39, 0.29) is 11.8 Å². The van der Waals surface area contributed by atoms with Crippen LogP contribution >= 0.6 is 0 Å². The average Bonchev–Trinajstić information content (AvgIpc) is 2.69. The SMILES string of the molecule is Cn1nc(OCC(=O)O)nc1-c1ccc(F)cc1. The number of carbonyl (C=O) groups is 1. The largest absolute Gasteiger partial charge is 0.479 e. The fraction of sp³-hybridized carbons (Fsp3) is 0.182. The monoisotopic (exact) mass is 251 g/mol. The second-order valence-corrected chi connectivity index (χ2v) is 3.53. The zero-order chi connectivity index (χ0) is 13.1. The molecule has 1 N–H and O–H groups in total. The van der Waals surface area contributed by atoms with E-state index in [0.717, 1.165) is 0 Å². The Morgan fingerprint density at radius 1 is 1.44 bits per heavy atom. The summed E-state index contributed by atoms with van der Waals surface area (Å²) in [6.45, 7) is -0.507. The van der Waals surface area contributed by atoms with Gasteiger partial charge in [0.2, 0.25) is 0 Å². The van der Waals surface area contributed by atoms with Crippen LogP contribution in [0.5, 0.6) is 6.01 Å². The van der Waals surface area contributed by atoms with E-state index in [2.05, 4.69) is 10.1 Å². The van der Waals surface area contributed by atoms with Crippen molar-refractivity contribution in [2.45, 2.75) is 0 Å². The van der Waals surface area contributed by atoms with Crippen LogP contribution in [0.4, 0.5) is 4.39 Å². The van der Waals surface area contributed by atoms with Gasteiger partial charge in [0.1, 0.15) is 5.82 Å². The normalized spacial score (nSPS) is 10.3. The molecule has 0 aliphatic heterocycles. The summed E-state index contributed by atoms with van der Waals surface area (Å²) in [5.74, 6) is -0.982. The summed E-state index contributed by atoms with van der Waals surface area (Å²) >= 11 is 0. The van der Waals surface area contributed by atoms with Gasteiger partial charge in [-0.25, -0.2) is 13.9 Å². The van der Waals surface area contributed by atoms with Crippen molar-refractivity contribution in [2.24, 2.45) is 7.05 Å². The Morgan fingerprint density at radius 2 is 2.11 bits per heavy atom. The van der Waals surface area contributed by atoms with Crippen molar-refractivity contribution in [3.05, 3.63) is 30.1 Å². The minimum Gasteiger partial charge on any atom is -0.479 e. The lowest BCUT2D eigenvalue weighted by Gasteiger charge is -1.98. The first kappa shape index (κ1) is 12.0. The summed E-state index contributed by atoms with van der Waals surface area (Å²) in [7, 11) is 1.64. The lowest BCUT2D eigenvalue weighted by atomic mass is 10.2. The minimum atomic E-state index is -1.11. The number of hydrogen-bond acceptors (Lipinski definition) is 4. The molecule has 0 aliphatic carbocycles. The van der Waals surface area contributed by atoms with Crippen LogP contribution in [0.25, 0.3) is 11.4 Å². The van der Waals surface area contributed by atoms with E-state index in [1.165, 1.54) is 16.8 Å². The zero-order valence-corrected chi connectivity index (χ0v) is 9.50. The number of aromatic nitrogens is 3.